The van der Waals surface area contributed by atoms with E-state index in [1.165, 1.54) is 6.33 Å². The van der Waals surface area contributed by atoms with Crippen LogP contribution in [0.5, 0.6) is 5.75 Å². The summed E-state index contributed by atoms with van der Waals surface area (Å²) in [6.07, 6.45) is 1.59. The molecule has 0 saturated carbocycles. The Morgan fingerprint density at radius 3 is 2.97 bits per heavy atom. The van der Waals surface area contributed by atoms with Crippen molar-refractivity contribution in [2.45, 2.75) is 26.3 Å². The summed E-state index contributed by atoms with van der Waals surface area (Å²) in [6, 6.07) is 11.0. The molecule has 3 aromatic rings. The fourth-order valence-corrected chi connectivity index (χ4v) is 3.74. The summed E-state index contributed by atoms with van der Waals surface area (Å²) in [7, 11) is 0. The molecule has 4 rings (SSSR count). The number of amides is 2. The van der Waals surface area contributed by atoms with E-state index in [2.05, 4.69) is 36.6 Å². The van der Waals surface area contributed by atoms with Crippen LogP contribution in [0.1, 0.15) is 29.2 Å². The standard InChI is InChI=1S/C21H20BrN5O3/c1-12-3-4-13(2)16(7-12)25-20(29)10-30-18-6-5-14(22)8-15(18)17-9-19(28)26-21-23-11-24-27(17)21/h3-8,11,17H,9-10H2,1-2H3,(H,25,29)(H,23,24,26,28)/t17-/m1/s1. The fraction of sp³-hybridized carbons (Fsp3) is 0.238. The highest BCUT2D eigenvalue weighted by atomic mass is 79.9. The zero-order chi connectivity index (χ0) is 21.3. The van der Waals surface area contributed by atoms with Crippen LogP contribution in [0.25, 0.3) is 0 Å². The number of aromatic nitrogens is 3. The van der Waals surface area contributed by atoms with Crippen molar-refractivity contribution in [3.63, 3.8) is 0 Å². The van der Waals surface area contributed by atoms with E-state index in [0.717, 1.165) is 26.9 Å². The molecule has 9 heteroatoms. The molecule has 154 valence electrons. The Hall–Kier alpha value is -3.20. The van der Waals surface area contributed by atoms with Crippen molar-refractivity contribution in [1.29, 1.82) is 0 Å². The van der Waals surface area contributed by atoms with Crippen LogP contribution in [0, 0.1) is 13.8 Å². The maximum Gasteiger partial charge on any atom is 0.262 e. The number of aryl methyl sites for hydroxylation is 2. The Bertz CT molecular complexity index is 1130. The molecule has 2 heterocycles. The number of halogens is 1. The monoisotopic (exact) mass is 469 g/mol. The lowest BCUT2D eigenvalue weighted by Crippen LogP contribution is -2.30. The highest BCUT2D eigenvalue weighted by molar-refractivity contribution is 9.10. The van der Waals surface area contributed by atoms with Crippen LogP contribution < -0.4 is 15.4 Å². The molecular formula is C21H20BrN5O3. The van der Waals surface area contributed by atoms with Crippen molar-refractivity contribution in [2.24, 2.45) is 0 Å². The first kappa shape index (κ1) is 20.1. The predicted octanol–water partition coefficient (Wildman–Crippen LogP) is 3.61. The second-order valence-corrected chi connectivity index (χ2v) is 8.05. The van der Waals surface area contributed by atoms with Crippen LogP contribution in [-0.2, 0) is 9.59 Å². The van der Waals surface area contributed by atoms with Gasteiger partial charge in [-0.05, 0) is 49.2 Å². The van der Waals surface area contributed by atoms with E-state index >= 15 is 0 Å². The summed E-state index contributed by atoms with van der Waals surface area (Å²) in [4.78, 5) is 28.7. The normalized spacial score (nSPS) is 15.3. The quantitative estimate of drug-likeness (QED) is 0.594. The van der Waals surface area contributed by atoms with Gasteiger partial charge in [0.1, 0.15) is 12.1 Å². The molecule has 0 radical (unpaired) electrons. The van der Waals surface area contributed by atoms with Gasteiger partial charge in [0.2, 0.25) is 11.9 Å². The Morgan fingerprint density at radius 1 is 1.30 bits per heavy atom. The number of ether oxygens (including phenoxy) is 1. The average Bonchev–Trinajstić information content (AvgIpc) is 3.17. The Labute approximate surface area is 181 Å². The third kappa shape index (κ3) is 4.20. The Kier molecular flexibility index (Phi) is 5.54. The van der Waals surface area contributed by atoms with Crippen LogP contribution >= 0.6 is 15.9 Å². The number of hydrogen-bond donors (Lipinski definition) is 2. The van der Waals surface area contributed by atoms with Crippen LogP contribution in [0.3, 0.4) is 0 Å². The van der Waals surface area contributed by atoms with Gasteiger partial charge in [0.05, 0.1) is 12.5 Å². The van der Waals surface area contributed by atoms with Gasteiger partial charge in [0.15, 0.2) is 6.61 Å². The van der Waals surface area contributed by atoms with E-state index in [0.29, 0.717) is 11.7 Å². The number of nitrogens with one attached hydrogen (secondary N) is 2. The van der Waals surface area contributed by atoms with E-state index in [4.69, 9.17) is 4.74 Å². The Balaban J connectivity index is 1.54. The molecule has 1 aliphatic rings. The minimum atomic E-state index is -0.383. The van der Waals surface area contributed by atoms with Crippen molar-refractivity contribution >= 4 is 39.4 Å². The minimum Gasteiger partial charge on any atom is -0.483 e. The molecule has 0 unspecified atom stereocenters. The number of carbonyl (C=O) groups is 2. The van der Waals surface area contributed by atoms with E-state index in [1.807, 2.05) is 44.2 Å². The van der Waals surface area contributed by atoms with Crippen LogP contribution in [0.15, 0.2) is 47.2 Å². The van der Waals surface area contributed by atoms with Crippen LogP contribution in [-0.4, -0.2) is 33.2 Å². The minimum absolute atomic E-state index is 0.154. The molecule has 0 fully saturated rings. The number of nitrogens with zero attached hydrogens (tertiary/aromatic N) is 3. The maximum absolute atomic E-state index is 12.5. The lowest BCUT2D eigenvalue weighted by molar-refractivity contribution is -0.118. The van der Waals surface area contributed by atoms with Crippen LogP contribution in [0.2, 0.25) is 0 Å². The van der Waals surface area contributed by atoms with E-state index in [-0.39, 0.29) is 30.9 Å². The summed E-state index contributed by atoms with van der Waals surface area (Å²) in [6.45, 7) is 3.75. The lowest BCUT2D eigenvalue weighted by Gasteiger charge is -2.25. The smallest absolute Gasteiger partial charge is 0.262 e. The summed E-state index contributed by atoms with van der Waals surface area (Å²) < 4.78 is 8.33. The first-order valence-electron chi connectivity index (χ1n) is 9.39. The van der Waals surface area contributed by atoms with Gasteiger partial charge >= 0.3 is 0 Å². The molecule has 0 saturated heterocycles. The summed E-state index contributed by atoms with van der Waals surface area (Å²) >= 11 is 3.47. The highest BCUT2D eigenvalue weighted by Gasteiger charge is 2.30. The SMILES string of the molecule is Cc1ccc(C)c(NC(=O)COc2ccc(Br)cc2[C@H]2CC(=O)Nc3ncnn32)c1. The number of carbonyl (C=O) groups excluding carboxylic acids is 2. The van der Waals surface area contributed by atoms with Crippen molar-refractivity contribution in [3.05, 3.63) is 63.9 Å². The molecule has 2 N–H and O–H groups in total. The van der Waals surface area contributed by atoms with E-state index in [9.17, 15) is 9.59 Å². The van der Waals surface area contributed by atoms with Gasteiger partial charge in [-0.1, -0.05) is 28.1 Å². The topological polar surface area (TPSA) is 98.1 Å². The maximum atomic E-state index is 12.5. The van der Waals surface area contributed by atoms with Gasteiger partial charge in [0, 0.05) is 15.7 Å². The third-order valence-corrected chi connectivity index (χ3v) is 5.35. The van der Waals surface area contributed by atoms with Crippen molar-refractivity contribution in [2.75, 3.05) is 17.2 Å². The van der Waals surface area contributed by atoms with E-state index < -0.39 is 0 Å². The molecule has 0 spiro atoms. The van der Waals surface area contributed by atoms with Gasteiger partial charge < -0.3 is 10.1 Å². The van der Waals surface area contributed by atoms with Crippen molar-refractivity contribution in [1.82, 2.24) is 14.8 Å². The van der Waals surface area contributed by atoms with Gasteiger partial charge in [-0.25, -0.2) is 4.68 Å². The molecule has 1 atom stereocenters. The molecule has 30 heavy (non-hydrogen) atoms. The Morgan fingerprint density at radius 2 is 2.13 bits per heavy atom. The fourth-order valence-electron chi connectivity index (χ4n) is 3.36. The zero-order valence-corrected chi connectivity index (χ0v) is 18.1. The van der Waals surface area contributed by atoms with E-state index in [1.54, 1.807) is 10.7 Å². The molecule has 0 aliphatic carbocycles. The van der Waals surface area contributed by atoms with Gasteiger partial charge in [0.25, 0.3) is 5.91 Å². The number of rotatable bonds is 5. The predicted molar refractivity (Wildman–Crippen MR) is 116 cm³/mol. The molecule has 2 aromatic carbocycles. The number of anilines is 2. The highest BCUT2D eigenvalue weighted by Crippen LogP contribution is 2.36. The van der Waals surface area contributed by atoms with Crippen molar-refractivity contribution < 1.29 is 14.3 Å². The molecular weight excluding hydrogens is 450 g/mol. The van der Waals surface area contributed by atoms with Gasteiger partial charge in [-0.15, -0.1) is 0 Å². The summed E-state index contributed by atoms with van der Waals surface area (Å²) in [5, 5.41) is 9.81. The van der Waals surface area contributed by atoms with Gasteiger partial charge in [-0.3, -0.25) is 14.9 Å². The van der Waals surface area contributed by atoms with Gasteiger partial charge in [-0.2, -0.15) is 10.1 Å². The third-order valence-electron chi connectivity index (χ3n) is 4.86. The number of benzene rings is 2. The van der Waals surface area contributed by atoms with Crippen LogP contribution in [0.4, 0.5) is 11.6 Å². The largest absolute Gasteiger partial charge is 0.483 e. The average molecular weight is 470 g/mol. The first-order valence-corrected chi connectivity index (χ1v) is 10.2. The number of hydrogen-bond acceptors (Lipinski definition) is 5. The summed E-state index contributed by atoms with van der Waals surface area (Å²) in [5.74, 6) is 0.477. The first-order chi connectivity index (χ1) is 14.4. The lowest BCUT2D eigenvalue weighted by atomic mass is 10.0. The molecule has 0 bridgehead atoms. The number of fused-ring (bicyclic) bond motifs is 1. The summed E-state index contributed by atoms with van der Waals surface area (Å²) in [5.41, 5.74) is 3.54. The molecule has 2 amide bonds. The zero-order valence-electron chi connectivity index (χ0n) is 16.5. The molecule has 8 nitrogen and oxygen atoms in total. The second kappa shape index (κ2) is 8.27. The molecule has 1 aromatic heterocycles. The van der Waals surface area contributed by atoms with Crippen molar-refractivity contribution in [3.8, 4) is 5.75 Å². The molecule has 1 aliphatic heterocycles. The second-order valence-electron chi connectivity index (χ2n) is 7.13.